The first-order valence-electron chi connectivity index (χ1n) is 5.28. The third-order valence-corrected chi connectivity index (χ3v) is 2.17. The van der Waals surface area contributed by atoms with E-state index in [1.54, 1.807) is 20.8 Å². The Labute approximate surface area is 108 Å². The van der Waals surface area contributed by atoms with Crippen molar-refractivity contribution in [2.75, 3.05) is 0 Å². The summed E-state index contributed by atoms with van der Waals surface area (Å²) in [5.74, 6) is -0.972. The van der Waals surface area contributed by atoms with Crippen molar-refractivity contribution in [3.8, 4) is 5.75 Å². The fourth-order valence-corrected chi connectivity index (χ4v) is 1.10. The third kappa shape index (κ3) is 3.47. The molecule has 19 heavy (non-hydrogen) atoms. The minimum Gasteiger partial charge on any atom is -0.419 e. The van der Waals surface area contributed by atoms with Crippen molar-refractivity contribution in [3.63, 3.8) is 0 Å². The van der Waals surface area contributed by atoms with Gasteiger partial charge in [0.2, 0.25) is 5.75 Å². The van der Waals surface area contributed by atoms with Gasteiger partial charge in [-0.15, -0.1) is 0 Å². The molecule has 0 fully saturated rings. The number of benzene rings is 1. The number of carbonyl (C=O) groups excluding carboxylic acids is 1. The Hall–Kier alpha value is -2.51. The number of carbonyl (C=O) groups is 1. The van der Waals surface area contributed by atoms with Crippen molar-refractivity contribution < 1.29 is 19.4 Å². The van der Waals surface area contributed by atoms with Gasteiger partial charge in [-0.25, -0.2) is 0 Å². The minimum absolute atomic E-state index is 0.310. The second kappa shape index (κ2) is 5.01. The molecule has 0 radical (unpaired) electrons. The quantitative estimate of drug-likeness (QED) is 0.360. The fourth-order valence-electron chi connectivity index (χ4n) is 1.10. The summed E-state index contributed by atoms with van der Waals surface area (Å²) in [6, 6.07) is 2.84. The molecule has 8 nitrogen and oxygen atoms in total. The highest BCUT2D eigenvalue weighted by atomic mass is 16.6. The average molecular weight is 268 g/mol. The zero-order valence-electron chi connectivity index (χ0n) is 10.6. The third-order valence-electron chi connectivity index (χ3n) is 2.17. The summed E-state index contributed by atoms with van der Waals surface area (Å²) < 4.78 is 4.90. The smallest absolute Gasteiger partial charge is 0.318 e. The lowest BCUT2D eigenvalue weighted by atomic mass is 9.97. The van der Waals surface area contributed by atoms with Crippen molar-refractivity contribution in [2.45, 2.75) is 20.8 Å². The number of rotatable bonds is 3. The molecule has 0 aliphatic rings. The number of nitrogens with zero attached hydrogens (tertiary/aromatic N) is 2. The lowest BCUT2D eigenvalue weighted by molar-refractivity contribution is -0.394. The highest BCUT2D eigenvalue weighted by Crippen LogP contribution is 2.32. The Bertz CT molecular complexity index is 547. The maximum absolute atomic E-state index is 11.6. The first kappa shape index (κ1) is 14.6. The molecule has 1 aromatic carbocycles. The summed E-state index contributed by atoms with van der Waals surface area (Å²) in [5.41, 5.74) is -1.90. The molecule has 0 bridgehead atoms. The van der Waals surface area contributed by atoms with E-state index in [1.165, 1.54) is 0 Å². The molecule has 0 spiro atoms. The molecule has 102 valence electrons. The van der Waals surface area contributed by atoms with E-state index >= 15 is 0 Å². The van der Waals surface area contributed by atoms with Gasteiger partial charge in [-0.05, 0) is 26.8 Å². The number of hydrogen-bond acceptors (Lipinski definition) is 6. The minimum atomic E-state index is -0.838. The largest absolute Gasteiger partial charge is 0.419 e. The standard InChI is InChI=1S/C11H12N2O6/c1-11(2,3)10(14)19-9-5-4-7(12(15)16)6-8(9)13(17)18/h4-6H,1-3H3. The van der Waals surface area contributed by atoms with Crippen molar-refractivity contribution in [1.82, 2.24) is 0 Å². The van der Waals surface area contributed by atoms with Crippen molar-refractivity contribution in [2.24, 2.45) is 5.41 Å². The van der Waals surface area contributed by atoms with E-state index in [4.69, 9.17) is 4.74 Å². The molecular weight excluding hydrogens is 256 g/mol. The molecule has 0 aromatic heterocycles. The van der Waals surface area contributed by atoms with E-state index in [-0.39, 0.29) is 5.75 Å². The van der Waals surface area contributed by atoms with Crippen molar-refractivity contribution in [3.05, 3.63) is 38.4 Å². The number of nitro benzene ring substituents is 2. The van der Waals surface area contributed by atoms with Crippen LogP contribution in [0.15, 0.2) is 18.2 Å². The van der Waals surface area contributed by atoms with Crippen LogP contribution in [0.25, 0.3) is 0 Å². The molecule has 1 aromatic rings. The lowest BCUT2D eigenvalue weighted by Gasteiger charge is -2.15. The Morgan fingerprint density at radius 1 is 1.16 bits per heavy atom. The molecule has 0 aliphatic carbocycles. The first-order valence-corrected chi connectivity index (χ1v) is 5.28. The van der Waals surface area contributed by atoms with Gasteiger partial charge in [0.25, 0.3) is 5.69 Å². The van der Waals surface area contributed by atoms with Crippen molar-refractivity contribution in [1.29, 1.82) is 0 Å². The fraction of sp³-hybridized carbons (Fsp3) is 0.364. The average Bonchev–Trinajstić information content (AvgIpc) is 2.27. The van der Waals surface area contributed by atoms with Gasteiger partial charge in [0.15, 0.2) is 0 Å². The molecule has 8 heteroatoms. The first-order chi connectivity index (χ1) is 8.62. The number of esters is 1. The van der Waals surface area contributed by atoms with Crippen LogP contribution < -0.4 is 4.74 Å². The van der Waals surface area contributed by atoms with Gasteiger partial charge in [-0.3, -0.25) is 25.0 Å². The summed E-state index contributed by atoms with van der Waals surface area (Å²) in [6.07, 6.45) is 0. The second-order valence-electron chi connectivity index (χ2n) is 4.81. The molecular formula is C11H12N2O6. The Morgan fingerprint density at radius 2 is 1.74 bits per heavy atom. The van der Waals surface area contributed by atoms with E-state index in [0.29, 0.717) is 0 Å². The van der Waals surface area contributed by atoms with Crippen LogP contribution in [-0.2, 0) is 4.79 Å². The van der Waals surface area contributed by atoms with Crippen LogP contribution in [0, 0.1) is 25.6 Å². The SMILES string of the molecule is CC(C)(C)C(=O)Oc1ccc([N+](=O)[O-])cc1[N+](=O)[O-]. The maximum atomic E-state index is 11.6. The zero-order chi connectivity index (χ0) is 14.8. The van der Waals surface area contributed by atoms with Crippen LogP contribution in [0.5, 0.6) is 5.75 Å². The molecule has 0 atom stereocenters. The van der Waals surface area contributed by atoms with E-state index in [9.17, 15) is 25.0 Å². The van der Waals surface area contributed by atoms with Gasteiger partial charge in [0.1, 0.15) is 0 Å². The summed E-state index contributed by atoms with van der Waals surface area (Å²) >= 11 is 0. The van der Waals surface area contributed by atoms with Gasteiger partial charge in [-0.1, -0.05) is 0 Å². The van der Waals surface area contributed by atoms with Crippen LogP contribution in [0.3, 0.4) is 0 Å². The molecule has 0 saturated carbocycles. The monoisotopic (exact) mass is 268 g/mol. The molecule has 1 rings (SSSR count). The van der Waals surface area contributed by atoms with Gasteiger partial charge in [0, 0.05) is 6.07 Å². The van der Waals surface area contributed by atoms with Gasteiger partial charge < -0.3 is 4.74 Å². The Kier molecular flexibility index (Phi) is 3.83. The summed E-state index contributed by atoms with van der Waals surface area (Å²) in [6.45, 7) is 4.77. The van der Waals surface area contributed by atoms with Crippen molar-refractivity contribution >= 4 is 17.3 Å². The Morgan fingerprint density at radius 3 is 2.16 bits per heavy atom. The van der Waals surface area contributed by atoms with Gasteiger partial charge >= 0.3 is 11.7 Å². The highest BCUT2D eigenvalue weighted by molar-refractivity contribution is 5.79. The molecule has 0 heterocycles. The van der Waals surface area contributed by atoms with E-state index in [1.807, 2.05) is 0 Å². The zero-order valence-corrected chi connectivity index (χ0v) is 10.6. The topological polar surface area (TPSA) is 113 Å². The molecule has 0 unspecified atom stereocenters. The predicted molar refractivity (Wildman–Crippen MR) is 64.8 cm³/mol. The summed E-state index contributed by atoms with van der Waals surface area (Å²) in [5, 5.41) is 21.4. The van der Waals surface area contributed by atoms with E-state index in [0.717, 1.165) is 18.2 Å². The van der Waals surface area contributed by atoms with Gasteiger partial charge in [-0.2, -0.15) is 0 Å². The van der Waals surface area contributed by atoms with Crippen LogP contribution in [0.1, 0.15) is 20.8 Å². The Balaban J connectivity index is 3.18. The number of non-ortho nitro benzene ring substituents is 1. The molecule has 0 N–H and O–H groups in total. The van der Waals surface area contributed by atoms with Gasteiger partial charge in [0.05, 0.1) is 21.3 Å². The lowest BCUT2D eigenvalue weighted by Crippen LogP contribution is -2.25. The summed E-state index contributed by atoms with van der Waals surface area (Å²) in [7, 11) is 0. The number of ether oxygens (including phenoxy) is 1. The molecule has 0 aliphatic heterocycles. The van der Waals surface area contributed by atoms with Crippen LogP contribution in [0.2, 0.25) is 0 Å². The summed E-state index contributed by atoms with van der Waals surface area (Å²) in [4.78, 5) is 31.4. The number of nitro groups is 2. The number of hydrogen-bond donors (Lipinski definition) is 0. The van der Waals surface area contributed by atoms with Crippen LogP contribution in [0.4, 0.5) is 11.4 Å². The maximum Gasteiger partial charge on any atom is 0.318 e. The van der Waals surface area contributed by atoms with Crippen LogP contribution >= 0.6 is 0 Å². The molecule has 0 saturated heterocycles. The predicted octanol–water partition coefficient (Wildman–Crippen LogP) is 2.45. The van der Waals surface area contributed by atoms with E-state index in [2.05, 4.69) is 0 Å². The highest BCUT2D eigenvalue weighted by Gasteiger charge is 2.28. The second-order valence-corrected chi connectivity index (χ2v) is 4.81. The van der Waals surface area contributed by atoms with Crippen LogP contribution in [-0.4, -0.2) is 15.8 Å². The van der Waals surface area contributed by atoms with E-state index < -0.39 is 32.6 Å². The molecule has 0 amide bonds. The normalized spacial score (nSPS) is 10.9.